The van der Waals surface area contributed by atoms with Gasteiger partial charge in [0, 0.05) is 18.1 Å². The van der Waals surface area contributed by atoms with Gasteiger partial charge in [-0.15, -0.1) is 0 Å². The summed E-state index contributed by atoms with van der Waals surface area (Å²) in [5.74, 6) is 2.08. The highest BCUT2D eigenvalue weighted by molar-refractivity contribution is 7.80. The van der Waals surface area contributed by atoms with E-state index in [0.717, 1.165) is 53.2 Å². The molecule has 28 heavy (non-hydrogen) atoms. The summed E-state index contributed by atoms with van der Waals surface area (Å²) < 4.78 is 10.9. The van der Waals surface area contributed by atoms with Gasteiger partial charge in [0.25, 0.3) is 0 Å². The largest absolute Gasteiger partial charge is 0.497 e. The van der Waals surface area contributed by atoms with Gasteiger partial charge in [0.1, 0.15) is 11.5 Å². The van der Waals surface area contributed by atoms with Gasteiger partial charge in [-0.2, -0.15) is 0 Å². The smallest absolute Gasteiger partial charge is 0.156 e. The van der Waals surface area contributed by atoms with Gasteiger partial charge in [-0.05, 0) is 60.2 Å². The Morgan fingerprint density at radius 3 is 2.54 bits per heavy atom. The zero-order chi connectivity index (χ0) is 20.4. The predicted octanol–water partition coefficient (Wildman–Crippen LogP) is 6.58. The Morgan fingerprint density at radius 2 is 1.82 bits per heavy atom. The Morgan fingerprint density at radius 1 is 1.04 bits per heavy atom. The lowest BCUT2D eigenvalue weighted by molar-refractivity contribution is -0.114. The van der Waals surface area contributed by atoms with Crippen LogP contribution >= 0.6 is 12.2 Å². The van der Waals surface area contributed by atoms with Crippen molar-refractivity contribution in [1.82, 2.24) is 0 Å². The number of methoxy groups -OCH3 is 2. The standard InChI is InChI=1S/C24H34O3S/c1-4-5-6-7-8-9-18-10-11-19(16-20(25)12-15-24(18)28)22-14-13-21(26-2)17-23(22)27-3/h13-14,16-18H,4-12,15H2,1-3H3. The SMILES string of the molecule is CCCCCCCC1CCC(c2ccc(OC)cc2OC)=CC(=O)CCC1=S. The van der Waals surface area contributed by atoms with Gasteiger partial charge in [0.15, 0.2) is 5.78 Å². The molecule has 3 nitrogen and oxygen atoms in total. The summed E-state index contributed by atoms with van der Waals surface area (Å²) in [5, 5.41) is 0. The Kier molecular flexibility index (Phi) is 9.69. The number of unbranched alkanes of at least 4 members (excludes halogenated alkanes) is 4. The van der Waals surface area contributed by atoms with Crippen molar-refractivity contribution in [3.63, 3.8) is 0 Å². The molecule has 0 fully saturated rings. The number of ketones is 1. The van der Waals surface area contributed by atoms with Crippen LogP contribution in [0.4, 0.5) is 0 Å². The average molecular weight is 403 g/mol. The molecule has 4 heteroatoms. The van der Waals surface area contributed by atoms with Crippen LogP contribution in [-0.2, 0) is 4.79 Å². The topological polar surface area (TPSA) is 35.5 Å². The maximum Gasteiger partial charge on any atom is 0.156 e. The molecule has 0 radical (unpaired) electrons. The van der Waals surface area contributed by atoms with Crippen LogP contribution in [0.2, 0.25) is 0 Å². The van der Waals surface area contributed by atoms with Crippen molar-refractivity contribution in [3.8, 4) is 11.5 Å². The van der Waals surface area contributed by atoms with Crippen LogP contribution in [0.1, 0.15) is 76.7 Å². The number of carbonyl (C=O) groups is 1. The van der Waals surface area contributed by atoms with E-state index in [4.69, 9.17) is 21.7 Å². The third kappa shape index (κ3) is 6.73. The third-order valence-electron chi connectivity index (χ3n) is 5.58. The lowest BCUT2D eigenvalue weighted by atomic mass is 9.88. The van der Waals surface area contributed by atoms with Crippen molar-refractivity contribution < 1.29 is 14.3 Å². The molecular formula is C24H34O3S. The van der Waals surface area contributed by atoms with Gasteiger partial charge >= 0.3 is 0 Å². The second kappa shape index (κ2) is 12.0. The maximum absolute atomic E-state index is 12.5. The number of allylic oxidation sites excluding steroid dienone is 2. The molecule has 1 aromatic rings. The summed E-state index contributed by atoms with van der Waals surface area (Å²) in [6, 6.07) is 5.79. The van der Waals surface area contributed by atoms with Gasteiger partial charge in [-0.25, -0.2) is 0 Å². The minimum Gasteiger partial charge on any atom is -0.497 e. The molecule has 1 unspecified atom stereocenters. The molecular weight excluding hydrogens is 368 g/mol. The zero-order valence-corrected chi connectivity index (χ0v) is 18.4. The number of hydrogen-bond acceptors (Lipinski definition) is 4. The monoisotopic (exact) mass is 402 g/mol. The Hall–Kier alpha value is -1.68. The van der Waals surface area contributed by atoms with E-state index in [-0.39, 0.29) is 5.78 Å². The van der Waals surface area contributed by atoms with Crippen molar-refractivity contribution in [2.24, 2.45) is 5.92 Å². The predicted molar refractivity (Wildman–Crippen MR) is 120 cm³/mol. The van der Waals surface area contributed by atoms with E-state index < -0.39 is 0 Å². The molecule has 0 N–H and O–H groups in total. The van der Waals surface area contributed by atoms with E-state index in [0.29, 0.717) is 12.3 Å². The number of carbonyl (C=O) groups excluding carboxylic acids is 1. The van der Waals surface area contributed by atoms with E-state index in [1.165, 1.54) is 32.1 Å². The first-order valence-electron chi connectivity index (χ1n) is 10.6. The minimum atomic E-state index is 0.152. The molecule has 0 heterocycles. The highest BCUT2D eigenvalue weighted by atomic mass is 32.1. The van der Waals surface area contributed by atoms with Gasteiger partial charge in [-0.1, -0.05) is 51.2 Å². The van der Waals surface area contributed by atoms with Crippen molar-refractivity contribution >= 4 is 28.4 Å². The normalized spacial score (nSPS) is 18.1. The summed E-state index contributed by atoms with van der Waals surface area (Å²) in [7, 11) is 3.30. The molecule has 0 aromatic heterocycles. The van der Waals surface area contributed by atoms with E-state index >= 15 is 0 Å². The van der Waals surface area contributed by atoms with E-state index in [1.54, 1.807) is 20.3 Å². The Labute approximate surface area is 175 Å². The van der Waals surface area contributed by atoms with Crippen LogP contribution in [0, 0.1) is 5.92 Å². The van der Waals surface area contributed by atoms with E-state index in [1.807, 2.05) is 18.2 Å². The molecule has 0 saturated carbocycles. The molecule has 2 rings (SSSR count). The second-order valence-corrected chi connectivity index (χ2v) is 8.13. The first-order chi connectivity index (χ1) is 13.6. The fraction of sp³-hybridized carbons (Fsp3) is 0.583. The molecule has 0 spiro atoms. The summed E-state index contributed by atoms with van der Waals surface area (Å²) in [5.41, 5.74) is 2.02. The minimum absolute atomic E-state index is 0.152. The number of thiocarbonyl (C=S) groups is 1. The summed E-state index contributed by atoms with van der Waals surface area (Å²) in [4.78, 5) is 13.6. The highest BCUT2D eigenvalue weighted by Crippen LogP contribution is 2.35. The molecule has 1 aliphatic rings. The van der Waals surface area contributed by atoms with E-state index in [9.17, 15) is 4.79 Å². The van der Waals surface area contributed by atoms with Gasteiger partial charge in [0.05, 0.1) is 14.2 Å². The Balaban J connectivity index is 2.14. The maximum atomic E-state index is 12.5. The number of ether oxygens (including phenoxy) is 2. The van der Waals surface area contributed by atoms with E-state index in [2.05, 4.69) is 6.92 Å². The second-order valence-electron chi connectivity index (χ2n) is 7.61. The van der Waals surface area contributed by atoms with Crippen LogP contribution in [-0.4, -0.2) is 24.9 Å². The summed E-state index contributed by atoms with van der Waals surface area (Å²) >= 11 is 5.71. The van der Waals surface area contributed by atoms with Crippen molar-refractivity contribution in [1.29, 1.82) is 0 Å². The molecule has 0 bridgehead atoms. The van der Waals surface area contributed by atoms with Crippen LogP contribution in [0.25, 0.3) is 5.57 Å². The summed E-state index contributed by atoms with van der Waals surface area (Å²) in [6.45, 7) is 2.24. The fourth-order valence-electron chi connectivity index (χ4n) is 3.86. The van der Waals surface area contributed by atoms with Crippen LogP contribution in [0.5, 0.6) is 11.5 Å². The van der Waals surface area contributed by atoms with Crippen molar-refractivity contribution in [2.75, 3.05) is 14.2 Å². The summed E-state index contributed by atoms with van der Waals surface area (Å²) in [6.07, 6.45) is 12.4. The molecule has 1 aliphatic carbocycles. The molecule has 1 aromatic carbocycles. The lowest BCUT2D eigenvalue weighted by Gasteiger charge is -2.19. The number of rotatable bonds is 9. The fourth-order valence-corrected chi connectivity index (χ4v) is 4.19. The number of hydrogen-bond donors (Lipinski definition) is 0. The van der Waals surface area contributed by atoms with Gasteiger partial charge < -0.3 is 9.47 Å². The molecule has 154 valence electrons. The third-order valence-corrected chi connectivity index (χ3v) is 6.12. The molecule has 0 saturated heterocycles. The van der Waals surface area contributed by atoms with Crippen LogP contribution < -0.4 is 9.47 Å². The Bertz CT molecular complexity index is 693. The number of benzene rings is 1. The molecule has 0 amide bonds. The first-order valence-corrected chi connectivity index (χ1v) is 11.0. The van der Waals surface area contributed by atoms with Gasteiger partial charge in [-0.3, -0.25) is 4.79 Å². The van der Waals surface area contributed by atoms with Crippen molar-refractivity contribution in [3.05, 3.63) is 29.8 Å². The van der Waals surface area contributed by atoms with Crippen LogP contribution in [0.15, 0.2) is 24.3 Å². The molecule has 1 atom stereocenters. The van der Waals surface area contributed by atoms with Crippen molar-refractivity contribution in [2.45, 2.75) is 71.1 Å². The van der Waals surface area contributed by atoms with Crippen LogP contribution in [0.3, 0.4) is 0 Å². The molecule has 0 aliphatic heterocycles. The first kappa shape index (κ1) is 22.6. The average Bonchev–Trinajstić information content (AvgIpc) is 2.78. The van der Waals surface area contributed by atoms with Gasteiger partial charge in [0.2, 0.25) is 0 Å². The zero-order valence-electron chi connectivity index (χ0n) is 17.6. The highest BCUT2D eigenvalue weighted by Gasteiger charge is 2.20. The lowest BCUT2D eigenvalue weighted by Crippen LogP contribution is -2.13. The quantitative estimate of drug-likeness (QED) is 0.345.